The van der Waals surface area contributed by atoms with Crippen LogP contribution in [0.1, 0.15) is 11.1 Å². The SMILES string of the molecule is O=C1CN(c2ccc3c(c2)COC3)CC(=O)O1. The first-order chi connectivity index (χ1) is 8.22. The second kappa shape index (κ2) is 3.85. The molecular weight excluding hydrogens is 222 g/mol. The Kier molecular flexibility index (Phi) is 2.33. The van der Waals surface area contributed by atoms with E-state index in [0.29, 0.717) is 13.2 Å². The molecule has 2 aliphatic rings. The van der Waals surface area contributed by atoms with Crippen molar-refractivity contribution in [2.45, 2.75) is 13.2 Å². The molecule has 88 valence electrons. The van der Waals surface area contributed by atoms with Gasteiger partial charge in [0, 0.05) is 5.69 Å². The summed E-state index contributed by atoms with van der Waals surface area (Å²) < 4.78 is 9.81. The number of ether oxygens (including phenoxy) is 2. The van der Waals surface area contributed by atoms with Gasteiger partial charge in [0.2, 0.25) is 0 Å². The summed E-state index contributed by atoms with van der Waals surface area (Å²) in [6, 6.07) is 5.84. The smallest absolute Gasteiger partial charge is 0.333 e. The minimum Gasteiger partial charge on any atom is -0.390 e. The largest absolute Gasteiger partial charge is 0.390 e. The quantitative estimate of drug-likeness (QED) is 0.525. The average Bonchev–Trinajstić information content (AvgIpc) is 2.74. The van der Waals surface area contributed by atoms with Gasteiger partial charge in [-0.15, -0.1) is 0 Å². The zero-order valence-corrected chi connectivity index (χ0v) is 9.14. The highest BCUT2D eigenvalue weighted by atomic mass is 16.6. The second-order valence-corrected chi connectivity index (χ2v) is 4.15. The van der Waals surface area contributed by atoms with E-state index in [2.05, 4.69) is 4.74 Å². The third kappa shape index (κ3) is 1.89. The van der Waals surface area contributed by atoms with Gasteiger partial charge in [0.15, 0.2) is 0 Å². The summed E-state index contributed by atoms with van der Waals surface area (Å²) in [5.74, 6) is -1.00. The molecule has 1 aromatic rings. The normalized spacial score (nSPS) is 19.2. The van der Waals surface area contributed by atoms with Crippen LogP contribution in [0.2, 0.25) is 0 Å². The summed E-state index contributed by atoms with van der Waals surface area (Å²) >= 11 is 0. The van der Waals surface area contributed by atoms with Crippen molar-refractivity contribution in [2.24, 2.45) is 0 Å². The van der Waals surface area contributed by atoms with Crippen LogP contribution in [-0.4, -0.2) is 25.0 Å². The van der Waals surface area contributed by atoms with Crippen molar-refractivity contribution in [3.05, 3.63) is 29.3 Å². The van der Waals surface area contributed by atoms with Crippen LogP contribution in [0, 0.1) is 0 Å². The first-order valence-electron chi connectivity index (χ1n) is 5.40. The van der Waals surface area contributed by atoms with E-state index in [4.69, 9.17) is 4.74 Å². The molecule has 0 N–H and O–H groups in total. The number of benzene rings is 1. The molecule has 5 heteroatoms. The Labute approximate surface area is 97.9 Å². The van der Waals surface area contributed by atoms with Crippen LogP contribution in [-0.2, 0) is 32.3 Å². The summed E-state index contributed by atoms with van der Waals surface area (Å²) in [4.78, 5) is 24.1. The maximum Gasteiger partial charge on any atom is 0.333 e. The van der Waals surface area contributed by atoms with Crippen molar-refractivity contribution < 1.29 is 19.1 Å². The van der Waals surface area contributed by atoms with E-state index in [1.54, 1.807) is 4.90 Å². The number of fused-ring (bicyclic) bond motifs is 1. The Hall–Kier alpha value is -1.88. The zero-order valence-electron chi connectivity index (χ0n) is 9.14. The second-order valence-electron chi connectivity index (χ2n) is 4.15. The fraction of sp³-hybridized carbons (Fsp3) is 0.333. The molecule has 0 bridgehead atoms. The van der Waals surface area contributed by atoms with E-state index in [-0.39, 0.29) is 13.1 Å². The number of cyclic esters (lactones) is 2. The van der Waals surface area contributed by atoms with Crippen LogP contribution in [0.3, 0.4) is 0 Å². The molecule has 3 rings (SSSR count). The lowest BCUT2D eigenvalue weighted by molar-refractivity contribution is -0.160. The van der Waals surface area contributed by atoms with Gasteiger partial charge in [-0.2, -0.15) is 0 Å². The van der Waals surface area contributed by atoms with Crippen molar-refractivity contribution in [1.29, 1.82) is 0 Å². The molecule has 0 aromatic heterocycles. The summed E-state index contributed by atoms with van der Waals surface area (Å²) in [6.07, 6.45) is 0. The van der Waals surface area contributed by atoms with Crippen LogP contribution in [0.5, 0.6) is 0 Å². The fourth-order valence-electron chi connectivity index (χ4n) is 2.10. The molecule has 1 saturated heterocycles. The lowest BCUT2D eigenvalue weighted by Crippen LogP contribution is -2.43. The van der Waals surface area contributed by atoms with E-state index in [1.165, 1.54) is 5.56 Å². The van der Waals surface area contributed by atoms with E-state index < -0.39 is 11.9 Å². The van der Waals surface area contributed by atoms with Gasteiger partial charge in [0.1, 0.15) is 13.1 Å². The number of rotatable bonds is 1. The van der Waals surface area contributed by atoms with Crippen molar-refractivity contribution >= 4 is 17.6 Å². The van der Waals surface area contributed by atoms with Crippen molar-refractivity contribution in [3.8, 4) is 0 Å². The Balaban J connectivity index is 1.88. The number of hydrogen-bond acceptors (Lipinski definition) is 5. The summed E-state index contributed by atoms with van der Waals surface area (Å²) in [6.45, 7) is 1.46. The Morgan fingerprint density at radius 1 is 1.00 bits per heavy atom. The Morgan fingerprint density at radius 2 is 1.71 bits per heavy atom. The van der Waals surface area contributed by atoms with Crippen molar-refractivity contribution in [2.75, 3.05) is 18.0 Å². The Bertz CT molecular complexity index is 481. The van der Waals surface area contributed by atoms with Crippen LogP contribution in [0.4, 0.5) is 5.69 Å². The van der Waals surface area contributed by atoms with Gasteiger partial charge in [0.05, 0.1) is 13.2 Å². The topological polar surface area (TPSA) is 55.8 Å². The highest BCUT2D eigenvalue weighted by molar-refractivity contribution is 5.94. The number of morpholine rings is 1. The predicted octanol–water partition coefficient (Wildman–Crippen LogP) is 0.607. The van der Waals surface area contributed by atoms with Crippen LogP contribution in [0.15, 0.2) is 18.2 Å². The standard InChI is InChI=1S/C12H11NO4/c14-11-4-13(5-12(15)17-11)10-2-1-8-6-16-7-9(8)3-10/h1-3H,4-7H2. The molecule has 0 spiro atoms. The van der Waals surface area contributed by atoms with E-state index in [1.807, 2.05) is 18.2 Å². The third-order valence-corrected chi connectivity index (χ3v) is 2.94. The molecule has 0 saturated carbocycles. The predicted molar refractivity (Wildman–Crippen MR) is 58.2 cm³/mol. The Morgan fingerprint density at radius 3 is 2.47 bits per heavy atom. The van der Waals surface area contributed by atoms with Crippen LogP contribution < -0.4 is 4.90 Å². The van der Waals surface area contributed by atoms with Crippen molar-refractivity contribution in [3.63, 3.8) is 0 Å². The van der Waals surface area contributed by atoms with Gasteiger partial charge < -0.3 is 14.4 Å². The van der Waals surface area contributed by atoms with E-state index >= 15 is 0 Å². The number of nitrogens with zero attached hydrogens (tertiary/aromatic N) is 1. The number of anilines is 1. The molecule has 0 unspecified atom stereocenters. The lowest BCUT2D eigenvalue weighted by atomic mass is 10.1. The lowest BCUT2D eigenvalue weighted by Gasteiger charge is -2.26. The van der Waals surface area contributed by atoms with Gasteiger partial charge >= 0.3 is 11.9 Å². The molecule has 0 atom stereocenters. The van der Waals surface area contributed by atoms with Gasteiger partial charge in [-0.1, -0.05) is 6.07 Å². The van der Waals surface area contributed by atoms with Gasteiger partial charge in [-0.3, -0.25) is 0 Å². The molecule has 2 heterocycles. The van der Waals surface area contributed by atoms with Gasteiger partial charge in [-0.05, 0) is 23.3 Å². The molecule has 5 nitrogen and oxygen atoms in total. The number of hydrogen-bond donors (Lipinski definition) is 0. The molecule has 0 radical (unpaired) electrons. The maximum atomic E-state index is 11.2. The molecule has 2 aliphatic heterocycles. The molecule has 0 aliphatic carbocycles. The third-order valence-electron chi connectivity index (χ3n) is 2.94. The van der Waals surface area contributed by atoms with Crippen LogP contribution >= 0.6 is 0 Å². The highest BCUT2D eigenvalue weighted by Gasteiger charge is 2.25. The van der Waals surface area contributed by atoms with Crippen molar-refractivity contribution in [1.82, 2.24) is 0 Å². The fourth-order valence-corrected chi connectivity index (χ4v) is 2.10. The number of carbonyl (C=O) groups is 2. The summed E-state index contributed by atoms with van der Waals surface area (Å²) in [5, 5.41) is 0. The summed E-state index contributed by atoms with van der Waals surface area (Å²) in [7, 11) is 0. The maximum absolute atomic E-state index is 11.2. The van der Waals surface area contributed by atoms with Gasteiger partial charge in [-0.25, -0.2) is 9.59 Å². The highest BCUT2D eigenvalue weighted by Crippen LogP contribution is 2.26. The molecule has 1 fully saturated rings. The monoisotopic (exact) mass is 233 g/mol. The van der Waals surface area contributed by atoms with E-state index in [0.717, 1.165) is 11.3 Å². The first kappa shape index (κ1) is 10.3. The minimum absolute atomic E-state index is 0.116. The molecule has 17 heavy (non-hydrogen) atoms. The first-order valence-corrected chi connectivity index (χ1v) is 5.40. The molecule has 0 amide bonds. The zero-order chi connectivity index (χ0) is 11.8. The number of carbonyl (C=O) groups excluding carboxylic acids is 2. The molecule has 1 aromatic carbocycles. The minimum atomic E-state index is -0.502. The summed E-state index contributed by atoms with van der Waals surface area (Å²) in [5.41, 5.74) is 3.15. The average molecular weight is 233 g/mol. The van der Waals surface area contributed by atoms with E-state index in [9.17, 15) is 9.59 Å². The van der Waals surface area contributed by atoms with Gasteiger partial charge in [0.25, 0.3) is 0 Å². The number of esters is 2. The van der Waals surface area contributed by atoms with Crippen LogP contribution in [0.25, 0.3) is 0 Å². The molecular formula is C12H11NO4.